The fraction of sp³-hybridized carbons (Fsp3) is 1.00. The van der Waals surface area contributed by atoms with Gasteiger partial charge in [-0.15, -0.1) is 0 Å². The van der Waals surface area contributed by atoms with E-state index in [-0.39, 0.29) is 13.2 Å². The van der Waals surface area contributed by atoms with E-state index in [1.165, 1.54) is 11.4 Å². The molecule has 0 aromatic heterocycles. The van der Waals surface area contributed by atoms with Crippen molar-refractivity contribution in [3.63, 3.8) is 0 Å². The van der Waals surface area contributed by atoms with Crippen molar-refractivity contribution in [1.29, 1.82) is 0 Å². The molecule has 7 heteroatoms. The summed E-state index contributed by atoms with van der Waals surface area (Å²) in [4.78, 5) is 0. The fourth-order valence-electron chi connectivity index (χ4n) is 2.09. The van der Waals surface area contributed by atoms with Crippen LogP contribution < -0.4 is 4.72 Å². The highest BCUT2D eigenvalue weighted by atomic mass is 32.2. The third kappa shape index (κ3) is 5.19. The third-order valence-electron chi connectivity index (χ3n) is 3.08. The van der Waals surface area contributed by atoms with Crippen LogP contribution in [-0.2, 0) is 14.9 Å². The summed E-state index contributed by atoms with van der Waals surface area (Å²) in [6.07, 6.45) is 1.72. The number of piperidine rings is 1. The second kappa shape index (κ2) is 7.40. The van der Waals surface area contributed by atoms with Gasteiger partial charge in [0.25, 0.3) is 10.2 Å². The van der Waals surface area contributed by atoms with Crippen LogP contribution in [0.15, 0.2) is 0 Å². The highest BCUT2D eigenvalue weighted by molar-refractivity contribution is 7.87. The number of rotatable bonds is 7. The van der Waals surface area contributed by atoms with Crippen molar-refractivity contribution in [3.05, 3.63) is 0 Å². The van der Waals surface area contributed by atoms with Crippen LogP contribution in [0.1, 0.15) is 26.2 Å². The maximum Gasteiger partial charge on any atom is 0.279 e. The summed E-state index contributed by atoms with van der Waals surface area (Å²) in [7, 11) is -1.89. The van der Waals surface area contributed by atoms with Gasteiger partial charge in [0.15, 0.2) is 0 Å². The van der Waals surface area contributed by atoms with Crippen LogP contribution in [0.4, 0.5) is 0 Å². The molecule has 6 nitrogen and oxygen atoms in total. The molecule has 18 heavy (non-hydrogen) atoms. The predicted molar refractivity (Wildman–Crippen MR) is 69.4 cm³/mol. The van der Waals surface area contributed by atoms with Crippen LogP contribution in [0.2, 0.25) is 0 Å². The van der Waals surface area contributed by atoms with E-state index in [2.05, 4.69) is 11.6 Å². The van der Waals surface area contributed by atoms with Crippen LogP contribution >= 0.6 is 0 Å². The van der Waals surface area contributed by atoms with Crippen LogP contribution in [-0.4, -0.2) is 57.3 Å². The largest absolute Gasteiger partial charge is 0.391 e. The van der Waals surface area contributed by atoms with Gasteiger partial charge in [0.1, 0.15) is 0 Å². The molecule has 0 bridgehead atoms. The Labute approximate surface area is 109 Å². The lowest BCUT2D eigenvalue weighted by Gasteiger charge is -2.30. The molecule has 0 amide bonds. The number of methoxy groups -OCH3 is 1. The molecule has 2 atom stereocenters. The Bertz CT molecular complexity index is 334. The molecule has 1 aliphatic rings. The van der Waals surface area contributed by atoms with Crippen molar-refractivity contribution in [2.24, 2.45) is 5.92 Å². The van der Waals surface area contributed by atoms with Crippen molar-refractivity contribution in [3.8, 4) is 0 Å². The van der Waals surface area contributed by atoms with Crippen LogP contribution in [0.3, 0.4) is 0 Å². The Balaban J connectivity index is 2.35. The van der Waals surface area contributed by atoms with Crippen molar-refractivity contribution in [1.82, 2.24) is 9.03 Å². The maximum atomic E-state index is 12.0. The summed E-state index contributed by atoms with van der Waals surface area (Å²) in [5, 5.41) is 9.42. The molecule has 2 N–H and O–H groups in total. The highest BCUT2D eigenvalue weighted by Gasteiger charge is 2.26. The first-order valence-corrected chi connectivity index (χ1v) is 7.81. The third-order valence-corrected chi connectivity index (χ3v) is 4.66. The molecule has 1 saturated heterocycles. The van der Waals surface area contributed by atoms with Crippen LogP contribution in [0, 0.1) is 5.92 Å². The average molecular weight is 280 g/mol. The zero-order valence-electron chi connectivity index (χ0n) is 11.1. The maximum absolute atomic E-state index is 12.0. The van der Waals surface area contributed by atoms with Crippen molar-refractivity contribution >= 4 is 10.2 Å². The lowest BCUT2D eigenvalue weighted by atomic mass is 10.0. The molecule has 1 aliphatic heterocycles. The van der Waals surface area contributed by atoms with Gasteiger partial charge in [-0.05, 0) is 25.2 Å². The topological polar surface area (TPSA) is 78.9 Å². The SMILES string of the molecule is COCC(O)CCNS(=O)(=O)N1CCCC(C)C1. The summed E-state index contributed by atoms with van der Waals surface area (Å²) >= 11 is 0. The Hall–Kier alpha value is -0.210. The molecular formula is C11H24N2O4S. The molecule has 2 unspecified atom stereocenters. The van der Waals surface area contributed by atoms with E-state index in [0.717, 1.165) is 12.8 Å². The monoisotopic (exact) mass is 280 g/mol. The first-order valence-electron chi connectivity index (χ1n) is 6.37. The number of nitrogens with zero attached hydrogens (tertiary/aromatic N) is 1. The minimum Gasteiger partial charge on any atom is -0.391 e. The molecular weight excluding hydrogens is 256 g/mol. The van der Waals surface area contributed by atoms with Crippen LogP contribution in [0.5, 0.6) is 0 Å². The minimum absolute atomic E-state index is 0.225. The fourth-order valence-corrected chi connectivity index (χ4v) is 3.46. The van der Waals surface area contributed by atoms with Gasteiger partial charge >= 0.3 is 0 Å². The van der Waals surface area contributed by atoms with E-state index < -0.39 is 16.3 Å². The van der Waals surface area contributed by atoms with E-state index in [4.69, 9.17) is 4.74 Å². The summed E-state index contributed by atoms with van der Waals surface area (Å²) in [5.41, 5.74) is 0. The smallest absolute Gasteiger partial charge is 0.279 e. The normalized spacial score (nSPS) is 24.1. The van der Waals surface area contributed by atoms with Crippen molar-refractivity contribution in [2.45, 2.75) is 32.3 Å². The highest BCUT2D eigenvalue weighted by Crippen LogP contribution is 2.17. The molecule has 1 fully saturated rings. The lowest BCUT2D eigenvalue weighted by Crippen LogP contribution is -2.46. The van der Waals surface area contributed by atoms with Crippen molar-refractivity contribution < 1.29 is 18.3 Å². The van der Waals surface area contributed by atoms with E-state index >= 15 is 0 Å². The van der Waals surface area contributed by atoms with E-state index in [0.29, 0.717) is 25.4 Å². The van der Waals surface area contributed by atoms with E-state index in [9.17, 15) is 13.5 Å². The first kappa shape index (κ1) is 15.8. The number of ether oxygens (including phenoxy) is 1. The van der Waals surface area contributed by atoms with Gasteiger partial charge in [0.2, 0.25) is 0 Å². The van der Waals surface area contributed by atoms with Crippen LogP contribution in [0.25, 0.3) is 0 Å². The number of hydrogen-bond donors (Lipinski definition) is 2. The number of aliphatic hydroxyl groups excluding tert-OH is 1. The molecule has 108 valence electrons. The minimum atomic E-state index is -3.40. The second-order valence-electron chi connectivity index (χ2n) is 4.90. The second-order valence-corrected chi connectivity index (χ2v) is 6.66. The zero-order chi connectivity index (χ0) is 13.6. The van der Waals surface area contributed by atoms with E-state index in [1.54, 1.807) is 0 Å². The Kier molecular flexibility index (Phi) is 6.51. The Morgan fingerprint density at radius 3 is 2.89 bits per heavy atom. The van der Waals surface area contributed by atoms with Gasteiger partial charge in [-0.2, -0.15) is 12.7 Å². The molecule has 0 spiro atoms. The standard InChI is InChI=1S/C11H24N2O4S/c1-10-4-3-7-13(8-10)18(15,16)12-6-5-11(14)9-17-2/h10-12,14H,3-9H2,1-2H3. The van der Waals surface area contributed by atoms with Gasteiger partial charge in [-0.3, -0.25) is 0 Å². The zero-order valence-corrected chi connectivity index (χ0v) is 11.9. The molecule has 0 saturated carbocycles. The Morgan fingerprint density at radius 2 is 2.28 bits per heavy atom. The van der Waals surface area contributed by atoms with Gasteiger partial charge in [0, 0.05) is 26.7 Å². The number of hydrogen-bond acceptors (Lipinski definition) is 4. The molecule has 0 aromatic carbocycles. The van der Waals surface area contributed by atoms with Gasteiger partial charge in [-0.1, -0.05) is 6.92 Å². The van der Waals surface area contributed by atoms with Crippen molar-refractivity contribution in [2.75, 3.05) is 33.4 Å². The van der Waals surface area contributed by atoms with Gasteiger partial charge in [-0.25, -0.2) is 4.72 Å². The summed E-state index contributed by atoms with van der Waals surface area (Å²) in [5.74, 6) is 0.411. The molecule has 0 radical (unpaired) electrons. The predicted octanol–water partition coefficient (Wildman–Crippen LogP) is -0.0499. The Morgan fingerprint density at radius 1 is 1.56 bits per heavy atom. The molecule has 0 aliphatic carbocycles. The van der Waals surface area contributed by atoms with E-state index in [1.807, 2.05) is 0 Å². The number of aliphatic hydroxyl groups is 1. The molecule has 1 heterocycles. The quantitative estimate of drug-likeness (QED) is 0.685. The summed E-state index contributed by atoms with van der Waals surface area (Å²) in [6.45, 7) is 3.68. The average Bonchev–Trinajstić information content (AvgIpc) is 2.29. The van der Waals surface area contributed by atoms with Gasteiger partial charge in [0.05, 0.1) is 12.7 Å². The molecule has 0 aromatic rings. The summed E-state index contributed by atoms with van der Waals surface area (Å²) in [6, 6.07) is 0. The molecule has 1 rings (SSSR count). The first-order chi connectivity index (χ1) is 8.45. The summed E-state index contributed by atoms with van der Waals surface area (Å²) < 4.78 is 32.7. The van der Waals surface area contributed by atoms with Gasteiger partial charge < -0.3 is 9.84 Å². The number of nitrogens with one attached hydrogen (secondary N) is 1. The lowest BCUT2D eigenvalue weighted by molar-refractivity contribution is 0.0602.